The molecule has 0 saturated carbocycles. The molecule has 0 radical (unpaired) electrons. The van der Waals surface area contributed by atoms with Gasteiger partial charge >= 0.3 is 0 Å². The minimum absolute atomic E-state index is 0.00333. The molecule has 0 aliphatic carbocycles. The number of ether oxygens (including phenoxy) is 1. The molecule has 0 rings (SSSR count). The quantitative estimate of drug-likeness (QED) is 0.528. The molecule has 3 heteroatoms. The Morgan fingerprint density at radius 2 is 2.00 bits per heavy atom. The van der Waals surface area contributed by atoms with Crippen LogP contribution in [0.1, 0.15) is 19.3 Å². The van der Waals surface area contributed by atoms with Gasteiger partial charge in [-0.05, 0) is 12.8 Å². The SMILES string of the molecule is COCCCCC(F)F. The molecule has 0 aromatic rings. The Hall–Kier alpha value is -0.180. The molecule has 56 valence electrons. The highest BCUT2D eigenvalue weighted by Gasteiger charge is 1.99. The van der Waals surface area contributed by atoms with Gasteiger partial charge in [0.25, 0.3) is 0 Å². The van der Waals surface area contributed by atoms with E-state index in [1.807, 2.05) is 0 Å². The Kier molecular flexibility index (Phi) is 5.83. The van der Waals surface area contributed by atoms with Gasteiger partial charge in [-0.15, -0.1) is 0 Å². The summed E-state index contributed by atoms with van der Waals surface area (Å²) >= 11 is 0. The van der Waals surface area contributed by atoms with E-state index in [-0.39, 0.29) is 6.42 Å². The van der Waals surface area contributed by atoms with Crippen molar-refractivity contribution in [2.24, 2.45) is 0 Å². The molecule has 0 aliphatic heterocycles. The van der Waals surface area contributed by atoms with Crippen LogP contribution in [-0.4, -0.2) is 20.1 Å². The van der Waals surface area contributed by atoms with E-state index < -0.39 is 6.43 Å². The molecule has 0 aliphatic rings. The maximum Gasteiger partial charge on any atom is 0.238 e. The summed E-state index contributed by atoms with van der Waals surface area (Å²) in [6, 6.07) is 0. The van der Waals surface area contributed by atoms with Crippen molar-refractivity contribution in [1.82, 2.24) is 0 Å². The van der Waals surface area contributed by atoms with Crippen molar-refractivity contribution < 1.29 is 13.5 Å². The highest BCUT2D eigenvalue weighted by molar-refractivity contribution is 4.41. The predicted octanol–water partition coefficient (Wildman–Crippen LogP) is 2.07. The predicted molar refractivity (Wildman–Crippen MR) is 31.7 cm³/mol. The number of hydrogen-bond donors (Lipinski definition) is 0. The minimum atomic E-state index is -2.15. The summed E-state index contributed by atoms with van der Waals surface area (Å²) in [7, 11) is 1.57. The lowest BCUT2D eigenvalue weighted by molar-refractivity contribution is 0.126. The molecule has 0 heterocycles. The molecule has 0 fully saturated rings. The third-order valence-electron chi connectivity index (χ3n) is 1.02. The molecule has 9 heavy (non-hydrogen) atoms. The largest absolute Gasteiger partial charge is 0.385 e. The lowest BCUT2D eigenvalue weighted by atomic mass is 10.2. The van der Waals surface area contributed by atoms with E-state index in [9.17, 15) is 8.78 Å². The first kappa shape index (κ1) is 8.82. The van der Waals surface area contributed by atoms with Crippen molar-refractivity contribution in [2.45, 2.75) is 25.7 Å². The fraction of sp³-hybridized carbons (Fsp3) is 1.00. The molecule has 0 unspecified atom stereocenters. The van der Waals surface area contributed by atoms with Crippen molar-refractivity contribution in [1.29, 1.82) is 0 Å². The van der Waals surface area contributed by atoms with Crippen molar-refractivity contribution in [3.63, 3.8) is 0 Å². The van der Waals surface area contributed by atoms with E-state index in [4.69, 9.17) is 0 Å². The fourth-order valence-corrected chi connectivity index (χ4v) is 0.545. The number of halogens is 2. The number of alkyl halides is 2. The van der Waals surface area contributed by atoms with Crippen LogP contribution < -0.4 is 0 Å². The zero-order chi connectivity index (χ0) is 7.11. The lowest BCUT2D eigenvalue weighted by Gasteiger charge is -1.97. The van der Waals surface area contributed by atoms with Gasteiger partial charge in [-0.25, -0.2) is 8.78 Å². The van der Waals surface area contributed by atoms with Crippen LogP contribution in [0.3, 0.4) is 0 Å². The van der Waals surface area contributed by atoms with Gasteiger partial charge in [0.15, 0.2) is 0 Å². The second kappa shape index (κ2) is 5.95. The molecule has 0 aromatic heterocycles. The topological polar surface area (TPSA) is 9.23 Å². The summed E-state index contributed by atoms with van der Waals surface area (Å²) in [4.78, 5) is 0. The summed E-state index contributed by atoms with van der Waals surface area (Å²) in [5.41, 5.74) is 0. The van der Waals surface area contributed by atoms with Crippen LogP contribution in [0.2, 0.25) is 0 Å². The molecule has 0 amide bonds. The molecule has 0 N–H and O–H groups in total. The molecule has 0 spiro atoms. The van der Waals surface area contributed by atoms with Crippen LogP contribution in [0.25, 0.3) is 0 Å². The highest BCUT2D eigenvalue weighted by Crippen LogP contribution is 2.04. The number of hydrogen-bond acceptors (Lipinski definition) is 1. The lowest BCUT2D eigenvalue weighted by Crippen LogP contribution is -1.93. The first-order valence-electron chi connectivity index (χ1n) is 3.04. The normalized spacial score (nSPS) is 10.7. The monoisotopic (exact) mass is 138 g/mol. The van der Waals surface area contributed by atoms with Gasteiger partial charge in [-0.1, -0.05) is 0 Å². The Labute approximate surface area is 54.0 Å². The minimum Gasteiger partial charge on any atom is -0.385 e. The van der Waals surface area contributed by atoms with E-state index >= 15 is 0 Å². The van der Waals surface area contributed by atoms with E-state index in [2.05, 4.69) is 4.74 Å². The van der Waals surface area contributed by atoms with E-state index in [1.165, 1.54) is 0 Å². The smallest absolute Gasteiger partial charge is 0.238 e. The summed E-state index contributed by atoms with van der Waals surface area (Å²) in [5.74, 6) is 0. The van der Waals surface area contributed by atoms with Crippen molar-refractivity contribution in [2.75, 3.05) is 13.7 Å². The van der Waals surface area contributed by atoms with E-state index in [0.717, 1.165) is 6.42 Å². The highest BCUT2D eigenvalue weighted by atomic mass is 19.3. The third kappa shape index (κ3) is 7.82. The fourth-order valence-electron chi connectivity index (χ4n) is 0.545. The second-order valence-electron chi connectivity index (χ2n) is 1.88. The van der Waals surface area contributed by atoms with Gasteiger partial charge in [0.05, 0.1) is 0 Å². The molecular weight excluding hydrogens is 126 g/mol. The molecule has 1 nitrogen and oxygen atoms in total. The molecule has 0 atom stereocenters. The second-order valence-corrected chi connectivity index (χ2v) is 1.88. The van der Waals surface area contributed by atoms with Crippen LogP contribution in [0, 0.1) is 0 Å². The van der Waals surface area contributed by atoms with Gasteiger partial charge in [0, 0.05) is 20.1 Å². The Morgan fingerprint density at radius 1 is 1.33 bits per heavy atom. The Bertz CT molecular complexity index is 57.0. The molecular formula is C6H12F2O. The Balaban J connectivity index is 2.75. The van der Waals surface area contributed by atoms with Crippen LogP contribution in [0.4, 0.5) is 8.78 Å². The van der Waals surface area contributed by atoms with E-state index in [1.54, 1.807) is 7.11 Å². The van der Waals surface area contributed by atoms with Crippen molar-refractivity contribution in [3.05, 3.63) is 0 Å². The summed E-state index contributed by atoms with van der Waals surface area (Å²) in [5, 5.41) is 0. The first-order valence-corrected chi connectivity index (χ1v) is 3.04. The number of unbranched alkanes of at least 4 members (excludes halogenated alkanes) is 1. The van der Waals surface area contributed by atoms with Crippen LogP contribution in [0.15, 0.2) is 0 Å². The summed E-state index contributed by atoms with van der Waals surface area (Å²) < 4.78 is 27.5. The van der Waals surface area contributed by atoms with Gasteiger partial charge < -0.3 is 4.74 Å². The Morgan fingerprint density at radius 3 is 2.44 bits per heavy atom. The third-order valence-corrected chi connectivity index (χ3v) is 1.02. The molecule has 0 aromatic carbocycles. The van der Waals surface area contributed by atoms with Gasteiger partial charge in [-0.3, -0.25) is 0 Å². The number of methoxy groups -OCH3 is 1. The maximum absolute atomic E-state index is 11.4. The standard InChI is InChI=1S/C6H12F2O/c1-9-5-3-2-4-6(7)8/h6H,2-5H2,1H3. The first-order chi connectivity index (χ1) is 4.27. The summed E-state index contributed by atoms with van der Waals surface area (Å²) in [6.07, 6.45) is -0.850. The summed E-state index contributed by atoms with van der Waals surface area (Å²) in [6.45, 7) is 0.590. The average molecular weight is 138 g/mol. The van der Waals surface area contributed by atoms with Crippen molar-refractivity contribution in [3.8, 4) is 0 Å². The van der Waals surface area contributed by atoms with Crippen LogP contribution in [-0.2, 0) is 4.74 Å². The van der Waals surface area contributed by atoms with Gasteiger partial charge in [-0.2, -0.15) is 0 Å². The molecule has 0 bridgehead atoms. The van der Waals surface area contributed by atoms with Crippen molar-refractivity contribution >= 4 is 0 Å². The maximum atomic E-state index is 11.4. The zero-order valence-electron chi connectivity index (χ0n) is 5.57. The van der Waals surface area contributed by atoms with Crippen LogP contribution in [0.5, 0.6) is 0 Å². The average Bonchev–Trinajstić information content (AvgIpc) is 1.80. The van der Waals surface area contributed by atoms with Gasteiger partial charge in [0.1, 0.15) is 0 Å². The number of rotatable bonds is 5. The zero-order valence-corrected chi connectivity index (χ0v) is 5.57. The van der Waals surface area contributed by atoms with Crippen LogP contribution >= 0.6 is 0 Å². The van der Waals surface area contributed by atoms with E-state index in [0.29, 0.717) is 13.0 Å². The van der Waals surface area contributed by atoms with Gasteiger partial charge in [0.2, 0.25) is 6.43 Å². The molecule has 0 saturated heterocycles.